The molecule has 2 fully saturated rings. The molecule has 1 amide bonds. The van der Waals surface area contributed by atoms with Crippen molar-refractivity contribution >= 4 is 23.5 Å². The molecule has 13 heteroatoms. The van der Waals surface area contributed by atoms with Gasteiger partial charge in [-0.2, -0.15) is 23.3 Å². The van der Waals surface area contributed by atoms with Crippen molar-refractivity contribution in [2.24, 2.45) is 0 Å². The number of aryl methyl sites for hydroxylation is 1. The average Bonchev–Trinajstić information content (AvgIpc) is 3.29. The second kappa shape index (κ2) is 12.2. The molecule has 38 heavy (non-hydrogen) atoms. The molecule has 0 spiro atoms. The van der Waals surface area contributed by atoms with Crippen molar-refractivity contribution in [2.75, 3.05) is 50.0 Å². The van der Waals surface area contributed by atoms with Crippen LogP contribution >= 0.6 is 0 Å². The summed E-state index contributed by atoms with van der Waals surface area (Å²) in [6, 6.07) is 0.784. The number of carbonyl (C=O) groups excluding carboxylic acids is 1. The number of likely N-dealkylation sites (tertiary alicyclic amines) is 1. The number of halogens is 3. The van der Waals surface area contributed by atoms with Crippen molar-refractivity contribution in [3.63, 3.8) is 0 Å². The summed E-state index contributed by atoms with van der Waals surface area (Å²) >= 11 is 0. The van der Waals surface area contributed by atoms with Gasteiger partial charge >= 0.3 is 12.3 Å². The molecular weight excluding hydrogens is 501 g/mol. The number of hydrogen-bond donors (Lipinski definition) is 2. The molecule has 0 atom stereocenters. The number of cyclic esters (lactones) is 1. The summed E-state index contributed by atoms with van der Waals surface area (Å²) in [5, 5.41) is 10.6. The molecule has 0 aliphatic carbocycles. The van der Waals surface area contributed by atoms with Gasteiger partial charge in [-0.3, -0.25) is 4.68 Å². The highest BCUT2D eigenvalue weighted by atomic mass is 19.4. The van der Waals surface area contributed by atoms with Crippen LogP contribution in [0.5, 0.6) is 0 Å². The summed E-state index contributed by atoms with van der Waals surface area (Å²) in [5.41, 5.74) is 0.555. The van der Waals surface area contributed by atoms with Gasteiger partial charge in [0.2, 0.25) is 5.95 Å². The summed E-state index contributed by atoms with van der Waals surface area (Å²) in [5.74, 6) is -0.244. The lowest BCUT2D eigenvalue weighted by Gasteiger charge is -2.34. The van der Waals surface area contributed by atoms with Crippen LogP contribution < -0.4 is 10.6 Å². The molecule has 2 aromatic heterocycles. The number of alkyl halides is 3. The van der Waals surface area contributed by atoms with Crippen molar-refractivity contribution in [3.8, 4) is 0 Å². The van der Waals surface area contributed by atoms with E-state index in [9.17, 15) is 18.0 Å². The number of ether oxygens (including phenoxy) is 1. The lowest BCUT2D eigenvalue weighted by molar-refractivity contribution is -0.137. The first kappa shape index (κ1) is 27.9. The van der Waals surface area contributed by atoms with E-state index in [0.29, 0.717) is 44.3 Å². The maximum atomic E-state index is 13.6. The Balaban J connectivity index is 1.43. The summed E-state index contributed by atoms with van der Waals surface area (Å²) in [7, 11) is 0. The Hall–Kier alpha value is -3.09. The molecule has 10 nitrogen and oxygen atoms in total. The van der Waals surface area contributed by atoms with E-state index in [-0.39, 0.29) is 24.4 Å². The minimum absolute atomic E-state index is 0.0592. The molecule has 2 aliphatic heterocycles. The minimum atomic E-state index is -4.61. The number of nitrogens with zero attached hydrogens (tertiary/aromatic N) is 6. The van der Waals surface area contributed by atoms with Crippen LogP contribution in [0, 0.1) is 0 Å². The fraction of sp³-hybridized carbons (Fsp3) is 0.680. The van der Waals surface area contributed by atoms with E-state index in [2.05, 4.69) is 39.3 Å². The molecule has 2 aliphatic rings. The lowest BCUT2D eigenvalue weighted by atomic mass is 10.0. The third-order valence-electron chi connectivity index (χ3n) is 7.04. The Morgan fingerprint density at radius 3 is 2.63 bits per heavy atom. The van der Waals surface area contributed by atoms with Gasteiger partial charge in [0, 0.05) is 51.2 Å². The van der Waals surface area contributed by atoms with Crippen LogP contribution in [-0.4, -0.2) is 81.0 Å². The molecular formula is C25H37F3N8O2. The predicted molar refractivity (Wildman–Crippen MR) is 138 cm³/mol. The number of amides is 1. The van der Waals surface area contributed by atoms with E-state index in [1.165, 1.54) is 0 Å². The van der Waals surface area contributed by atoms with Gasteiger partial charge in [-0.15, -0.1) is 0 Å². The van der Waals surface area contributed by atoms with Crippen LogP contribution in [0.2, 0.25) is 0 Å². The number of nitrogens with one attached hydrogen (secondary N) is 2. The summed E-state index contributed by atoms with van der Waals surface area (Å²) in [6.07, 6.45) is 1.52. The molecule has 4 heterocycles. The highest BCUT2D eigenvalue weighted by molar-refractivity contribution is 5.68. The molecule has 2 N–H and O–H groups in total. The first-order valence-corrected chi connectivity index (χ1v) is 13.3. The Bertz CT molecular complexity index is 1080. The minimum Gasteiger partial charge on any atom is -0.449 e. The highest BCUT2D eigenvalue weighted by Crippen LogP contribution is 2.34. The lowest BCUT2D eigenvalue weighted by Crippen LogP contribution is -2.39. The average molecular weight is 539 g/mol. The zero-order valence-electron chi connectivity index (χ0n) is 22.2. The quantitative estimate of drug-likeness (QED) is 0.421. The normalized spacial score (nSPS) is 17.7. The monoisotopic (exact) mass is 538 g/mol. The first-order valence-electron chi connectivity index (χ1n) is 13.3. The zero-order valence-corrected chi connectivity index (χ0v) is 22.2. The zero-order chi connectivity index (χ0) is 27.3. The molecule has 4 rings (SSSR count). The largest absolute Gasteiger partial charge is 0.449 e. The first-order chi connectivity index (χ1) is 18.2. The van der Waals surface area contributed by atoms with Gasteiger partial charge < -0.3 is 25.2 Å². The molecule has 2 aromatic rings. The van der Waals surface area contributed by atoms with E-state index in [4.69, 9.17) is 9.84 Å². The molecule has 2 saturated heterocycles. The number of aromatic nitrogens is 4. The summed E-state index contributed by atoms with van der Waals surface area (Å²) in [6.45, 7) is 9.96. The van der Waals surface area contributed by atoms with Crippen molar-refractivity contribution in [1.29, 1.82) is 0 Å². The summed E-state index contributed by atoms with van der Waals surface area (Å²) in [4.78, 5) is 23.9. The van der Waals surface area contributed by atoms with E-state index in [0.717, 1.165) is 44.2 Å². The van der Waals surface area contributed by atoms with E-state index in [1.807, 2.05) is 17.8 Å². The standard InChI is InChI=1S/C25H37F3N8O2/c1-4-20-21(16-36(33-20)18-7-12-34(13-8-18)17(2)3)31-23-30-15-19(25(26,27)28)22(32-23)29-9-5-10-35-11-6-14-38-24(35)37/h15-18H,4-14H2,1-3H3,(H2,29,30,31,32). The second-order valence-electron chi connectivity index (χ2n) is 10.00. The highest BCUT2D eigenvalue weighted by Gasteiger charge is 2.35. The van der Waals surface area contributed by atoms with Crippen LogP contribution in [0.4, 0.5) is 35.4 Å². The van der Waals surface area contributed by atoms with Gasteiger partial charge in [0.15, 0.2) is 0 Å². The van der Waals surface area contributed by atoms with Crippen LogP contribution in [0.1, 0.15) is 63.8 Å². The van der Waals surface area contributed by atoms with Crippen molar-refractivity contribution in [3.05, 3.63) is 23.7 Å². The molecule has 0 aromatic carbocycles. The van der Waals surface area contributed by atoms with E-state index >= 15 is 0 Å². The van der Waals surface area contributed by atoms with Crippen LogP contribution in [0.15, 0.2) is 12.4 Å². The maximum absolute atomic E-state index is 13.6. The van der Waals surface area contributed by atoms with Crippen LogP contribution in [0.25, 0.3) is 0 Å². The number of carbonyl (C=O) groups is 1. The summed E-state index contributed by atoms with van der Waals surface area (Å²) < 4.78 is 47.9. The SMILES string of the molecule is CCc1nn(C2CCN(C(C)C)CC2)cc1Nc1ncc(C(F)(F)F)c(NCCCN2CCCOC2=O)n1. The number of piperidine rings is 1. The smallest absolute Gasteiger partial charge is 0.421 e. The van der Waals surface area contributed by atoms with Crippen molar-refractivity contribution in [1.82, 2.24) is 29.5 Å². The third kappa shape index (κ3) is 6.86. The molecule has 0 bridgehead atoms. The fourth-order valence-electron chi connectivity index (χ4n) is 4.83. The van der Waals surface area contributed by atoms with Gasteiger partial charge in [0.05, 0.1) is 24.0 Å². The Morgan fingerprint density at radius 1 is 1.21 bits per heavy atom. The maximum Gasteiger partial charge on any atom is 0.421 e. The Morgan fingerprint density at radius 2 is 1.97 bits per heavy atom. The van der Waals surface area contributed by atoms with Gasteiger partial charge in [-0.05, 0) is 46.0 Å². The van der Waals surface area contributed by atoms with Crippen LogP contribution in [-0.2, 0) is 17.3 Å². The Kier molecular flexibility index (Phi) is 8.95. The number of rotatable bonds is 10. The molecule has 0 unspecified atom stereocenters. The van der Waals surface area contributed by atoms with Gasteiger partial charge in [-0.25, -0.2) is 9.78 Å². The molecule has 0 radical (unpaired) electrons. The van der Waals surface area contributed by atoms with Gasteiger partial charge in [0.25, 0.3) is 0 Å². The van der Waals surface area contributed by atoms with E-state index < -0.39 is 17.8 Å². The number of anilines is 3. The van der Waals surface area contributed by atoms with Gasteiger partial charge in [0.1, 0.15) is 11.4 Å². The second-order valence-corrected chi connectivity index (χ2v) is 10.00. The topological polar surface area (TPSA) is 100 Å². The molecule has 210 valence electrons. The van der Waals surface area contributed by atoms with Gasteiger partial charge in [-0.1, -0.05) is 6.92 Å². The fourth-order valence-corrected chi connectivity index (χ4v) is 4.83. The van der Waals surface area contributed by atoms with Crippen LogP contribution in [0.3, 0.4) is 0 Å². The Labute approximate surface area is 220 Å². The third-order valence-corrected chi connectivity index (χ3v) is 7.04. The van der Waals surface area contributed by atoms with Crippen molar-refractivity contribution in [2.45, 2.75) is 71.1 Å². The number of hydrogen-bond acceptors (Lipinski definition) is 8. The predicted octanol–water partition coefficient (Wildman–Crippen LogP) is 4.69. The van der Waals surface area contributed by atoms with Crippen molar-refractivity contribution < 1.29 is 22.7 Å². The molecule has 0 saturated carbocycles. The van der Waals surface area contributed by atoms with E-state index in [1.54, 1.807) is 4.90 Å².